The molecule has 0 atom stereocenters. The molecule has 90 valence electrons. The Balaban J connectivity index is 2.43. The molecule has 0 aliphatic rings. The first-order chi connectivity index (χ1) is 7.37. The van der Waals surface area contributed by atoms with Crippen molar-refractivity contribution in [2.24, 2.45) is 0 Å². The van der Waals surface area contributed by atoms with Crippen LogP contribution in [0, 0.1) is 6.92 Å². The van der Waals surface area contributed by atoms with Crippen molar-refractivity contribution in [2.75, 3.05) is 23.5 Å². The number of nitrogen functional groups attached to an aromatic ring is 1. The zero-order valence-corrected chi connectivity index (χ0v) is 10.9. The van der Waals surface area contributed by atoms with E-state index in [0.29, 0.717) is 23.1 Å². The normalized spacial score (nSPS) is 11.6. The Hall–Kier alpha value is -0.820. The molecular formula is C9H15N3O2S2. The minimum Gasteiger partial charge on any atom is -0.384 e. The van der Waals surface area contributed by atoms with E-state index in [4.69, 9.17) is 5.73 Å². The summed E-state index contributed by atoms with van der Waals surface area (Å²) in [6, 6.07) is 1.70. The zero-order chi connectivity index (χ0) is 12.2. The molecule has 0 spiro atoms. The average molecular weight is 261 g/mol. The van der Waals surface area contributed by atoms with Crippen LogP contribution in [0.2, 0.25) is 0 Å². The zero-order valence-electron chi connectivity index (χ0n) is 9.30. The van der Waals surface area contributed by atoms with Crippen LogP contribution in [0.25, 0.3) is 0 Å². The highest BCUT2D eigenvalue weighted by molar-refractivity contribution is 7.99. The molecule has 0 amide bonds. The van der Waals surface area contributed by atoms with Crippen molar-refractivity contribution in [3.05, 3.63) is 17.6 Å². The van der Waals surface area contributed by atoms with Crippen molar-refractivity contribution >= 4 is 27.4 Å². The lowest BCUT2D eigenvalue weighted by atomic mass is 10.4. The summed E-state index contributed by atoms with van der Waals surface area (Å²) < 4.78 is 21.8. The summed E-state index contributed by atoms with van der Waals surface area (Å²) in [6.07, 6.45) is 1.23. The predicted molar refractivity (Wildman–Crippen MR) is 67.1 cm³/mol. The van der Waals surface area contributed by atoms with Gasteiger partial charge in [0.25, 0.3) is 0 Å². The fourth-order valence-corrected chi connectivity index (χ4v) is 3.23. The van der Waals surface area contributed by atoms with E-state index in [9.17, 15) is 8.42 Å². The molecule has 7 heteroatoms. The molecule has 1 aromatic heterocycles. The Morgan fingerprint density at radius 3 is 2.69 bits per heavy atom. The number of nitrogens with zero attached hydrogens (tertiary/aromatic N) is 2. The third kappa shape index (κ3) is 5.32. The molecule has 0 unspecified atom stereocenters. The minimum absolute atomic E-state index is 0.180. The van der Waals surface area contributed by atoms with Crippen molar-refractivity contribution in [2.45, 2.75) is 12.7 Å². The number of nitrogens with two attached hydrogens (primary N) is 1. The highest BCUT2D eigenvalue weighted by Crippen LogP contribution is 2.11. The first-order valence-electron chi connectivity index (χ1n) is 4.72. The van der Waals surface area contributed by atoms with E-state index in [1.807, 2.05) is 6.92 Å². The number of sulfone groups is 1. The predicted octanol–water partition coefficient (Wildman–Crippen LogP) is 0.645. The molecule has 16 heavy (non-hydrogen) atoms. The van der Waals surface area contributed by atoms with E-state index in [2.05, 4.69) is 9.97 Å². The first kappa shape index (κ1) is 13.2. The lowest BCUT2D eigenvalue weighted by Crippen LogP contribution is -2.06. The number of rotatable bonds is 5. The summed E-state index contributed by atoms with van der Waals surface area (Å²) in [5.74, 6) is 2.42. The van der Waals surface area contributed by atoms with Crippen LogP contribution >= 0.6 is 11.8 Å². The lowest BCUT2D eigenvalue weighted by molar-refractivity contribution is 0.603. The second-order valence-electron chi connectivity index (χ2n) is 3.53. The van der Waals surface area contributed by atoms with Gasteiger partial charge in [0.05, 0.1) is 11.5 Å². The second kappa shape index (κ2) is 5.49. The molecule has 0 aliphatic heterocycles. The van der Waals surface area contributed by atoms with Gasteiger partial charge < -0.3 is 5.73 Å². The number of anilines is 1. The van der Waals surface area contributed by atoms with Gasteiger partial charge in [0.1, 0.15) is 21.5 Å². The Kier molecular flexibility index (Phi) is 4.55. The molecule has 1 heterocycles. The van der Waals surface area contributed by atoms with E-state index >= 15 is 0 Å². The number of thioether (sulfide) groups is 1. The van der Waals surface area contributed by atoms with Crippen molar-refractivity contribution in [1.29, 1.82) is 0 Å². The highest BCUT2D eigenvalue weighted by atomic mass is 32.2. The summed E-state index contributed by atoms with van der Waals surface area (Å²) >= 11 is 1.49. The first-order valence-corrected chi connectivity index (χ1v) is 7.94. The lowest BCUT2D eigenvalue weighted by Gasteiger charge is -2.02. The quantitative estimate of drug-likeness (QED) is 0.783. The maximum atomic E-state index is 10.9. The van der Waals surface area contributed by atoms with Crippen LogP contribution in [-0.4, -0.2) is 36.1 Å². The van der Waals surface area contributed by atoms with Gasteiger partial charge >= 0.3 is 0 Å². The fraction of sp³-hybridized carbons (Fsp3) is 0.556. The monoisotopic (exact) mass is 261 g/mol. The molecule has 0 saturated carbocycles. The molecule has 1 aromatic rings. The summed E-state index contributed by atoms with van der Waals surface area (Å²) in [4.78, 5) is 8.27. The molecular weight excluding hydrogens is 246 g/mol. The van der Waals surface area contributed by atoms with Gasteiger partial charge in [-0.3, -0.25) is 0 Å². The van der Waals surface area contributed by atoms with Crippen LogP contribution in [0.3, 0.4) is 0 Å². The third-order valence-electron chi connectivity index (χ3n) is 1.75. The van der Waals surface area contributed by atoms with Gasteiger partial charge in [0, 0.05) is 23.8 Å². The van der Waals surface area contributed by atoms with Gasteiger partial charge in [0.15, 0.2) is 0 Å². The molecule has 5 nitrogen and oxygen atoms in total. The number of aromatic nitrogens is 2. The summed E-state index contributed by atoms with van der Waals surface area (Å²) in [5.41, 5.74) is 6.40. The van der Waals surface area contributed by atoms with E-state index in [0.717, 1.165) is 5.69 Å². The Bertz CT molecular complexity index is 440. The van der Waals surface area contributed by atoms with Crippen LogP contribution in [0.4, 0.5) is 5.82 Å². The van der Waals surface area contributed by atoms with E-state index in [1.54, 1.807) is 6.07 Å². The molecule has 0 aromatic carbocycles. The fourth-order valence-electron chi connectivity index (χ4n) is 1.09. The van der Waals surface area contributed by atoms with Gasteiger partial charge in [-0.2, -0.15) is 11.8 Å². The molecule has 0 saturated heterocycles. The van der Waals surface area contributed by atoms with Crippen molar-refractivity contribution in [3.8, 4) is 0 Å². The summed E-state index contributed by atoms with van der Waals surface area (Å²) in [6.45, 7) is 1.85. The van der Waals surface area contributed by atoms with Gasteiger partial charge in [0.2, 0.25) is 0 Å². The third-order valence-corrected chi connectivity index (χ3v) is 3.91. The molecule has 1 rings (SSSR count). The Morgan fingerprint density at radius 2 is 2.12 bits per heavy atom. The second-order valence-corrected chi connectivity index (χ2v) is 6.90. The maximum absolute atomic E-state index is 10.9. The number of aryl methyl sites for hydroxylation is 1. The standard InChI is InChI=1S/C9H15N3O2S2/c1-7-5-8(10)12-9(11-7)6-15-3-4-16(2,13)14/h5H,3-4,6H2,1-2H3,(H2,10,11,12). The maximum Gasteiger partial charge on any atom is 0.148 e. The van der Waals surface area contributed by atoms with Crippen molar-refractivity contribution in [3.63, 3.8) is 0 Å². The van der Waals surface area contributed by atoms with Crippen molar-refractivity contribution < 1.29 is 8.42 Å². The number of hydrogen-bond acceptors (Lipinski definition) is 6. The largest absolute Gasteiger partial charge is 0.384 e. The van der Waals surface area contributed by atoms with Crippen LogP contribution in [0.1, 0.15) is 11.5 Å². The summed E-state index contributed by atoms with van der Waals surface area (Å²) in [7, 11) is -2.88. The molecule has 2 N–H and O–H groups in total. The van der Waals surface area contributed by atoms with E-state index < -0.39 is 9.84 Å². The minimum atomic E-state index is -2.88. The number of hydrogen-bond donors (Lipinski definition) is 1. The topological polar surface area (TPSA) is 85.9 Å². The van der Waals surface area contributed by atoms with Crippen molar-refractivity contribution in [1.82, 2.24) is 9.97 Å². The highest BCUT2D eigenvalue weighted by Gasteiger charge is 2.04. The van der Waals surface area contributed by atoms with Gasteiger partial charge in [-0.05, 0) is 6.92 Å². The van der Waals surface area contributed by atoms with E-state index in [1.165, 1.54) is 18.0 Å². The Labute approximate surface area is 99.8 Å². The van der Waals surface area contributed by atoms with E-state index in [-0.39, 0.29) is 5.75 Å². The van der Waals surface area contributed by atoms with Gasteiger partial charge in [-0.1, -0.05) is 0 Å². The SMILES string of the molecule is Cc1cc(N)nc(CSCCS(C)(=O)=O)n1. The Morgan fingerprint density at radius 1 is 1.44 bits per heavy atom. The smallest absolute Gasteiger partial charge is 0.148 e. The van der Waals surface area contributed by atoms with Crippen LogP contribution < -0.4 is 5.73 Å². The molecule has 0 fully saturated rings. The molecule has 0 bridgehead atoms. The van der Waals surface area contributed by atoms with Gasteiger partial charge in [-0.25, -0.2) is 18.4 Å². The average Bonchev–Trinajstić information content (AvgIpc) is 2.09. The molecule has 0 radical (unpaired) electrons. The van der Waals surface area contributed by atoms with Crippen LogP contribution in [-0.2, 0) is 15.6 Å². The van der Waals surface area contributed by atoms with Crippen LogP contribution in [0.15, 0.2) is 6.07 Å². The van der Waals surface area contributed by atoms with Gasteiger partial charge in [-0.15, -0.1) is 0 Å². The van der Waals surface area contributed by atoms with Crippen LogP contribution in [0.5, 0.6) is 0 Å². The molecule has 0 aliphatic carbocycles. The summed E-state index contributed by atoms with van der Waals surface area (Å²) in [5, 5.41) is 0.